The number of ether oxygens (including phenoxy) is 2. The van der Waals surface area contributed by atoms with Crippen LogP contribution < -0.4 is 20.7 Å². The van der Waals surface area contributed by atoms with E-state index >= 15 is 0 Å². The minimum absolute atomic E-state index is 0.134. The van der Waals surface area contributed by atoms with Crippen molar-refractivity contribution in [3.63, 3.8) is 0 Å². The van der Waals surface area contributed by atoms with Crippen LogP contribution in [0.25, 0.3) is 10.2 Å². The molecule has 0 atom stereocenters. The highest BCUT2D eigenvalue weighted by atomic mass is 32.1. The molecular weight excluding hydrogens is 304 g/mol. The first-order valence-electron chi connectivity index (χ1n) is 6.55. The highest BCUT2D eigenvalue weighted by Gasteiger charge is 2.12. The molecule has 0 saturated carbocycles. The van der Waals surface area contributed by atoms with Crippen LogP contribution in [0.5, 0.6) is 11.5 Å². The maximum absolute atomic E-state index is 12.4. The van der Waals surface area contributed by atoms with E-state index in [1.165, 1.54) is 23.0 Å². The van der Waals surface area contributed by atoms with Crippen LogP contribution in [-0.2, 0) is 6.54 Å². The average molecular weight is 318 g/mol. The number of H-pyrrole nitrogens is 1. The van der Waals surface area contributed by atoms with Crippen molar-refractivity contribution in [1.29, 1.82) is 0 Å². The number of aromatic nitrogens is 2. The molecule has 0 amide bonds. The van der Waals surface area contributed by atoms with Gasteiger partial charge in [-0.2, -0.15) is 0 Å². The highest BCUT2D eigenvalue weighted by molar-refractivity contribution is 7.17. The molecule has 7 heteroatoms. The Morgan fingerprint density at radius 3 is 2.73 bits per heavy atom. The zero-order chi connectivity index (χ0) is 15.7. The van der Waals surface area contributed by atoms with Gasteiger partial charge in [-0.3, -0.25) is 9.36 Å². The summed E-state index contributed by atoms with van der Waals surface area (Å²) in [5.74, 6) is 1.22. The molecule has 0 unspecified atom stereocenters. The largest absolute Gasteiger partial charge is 0.497 e. The third kappa shape index (κ3) is 2.39. The van der Waals surface area contributed by atoms with Crippen molar-refractivity contribution in [2.24, 2.45) is 0 Å². The fraction of sp³-hybridized carbons (Fsp3) is 0.200. The smallest absolute Gasteiger partial charge is 0.329 e. The summed E-state index contributed by atoms with van der Waals surface area (Å²) < 4.78 is 12.2. The molecule has 0 aliphatic heterocycles. The van der Waals surface area contributed by atoms with Crippen molar-refractivity contribution in [2.45, 2.75) is 6.54 Å². The van der Waals surface area contributed by atoms with E-state index in [0.717, 1.165) is 5.56 Å². The third-order valence-corrected chi connectivity index (χ3v) is 4.32. The van der Waals surface area contributed by atoms with Crippen molar-refractivity contribution < 1.29 is 9.47 Å². The lowest BCUT2D eigenvalue weighted by atomic mass is 10.2. The summed E-state index contributed by atoms with van der Waals surface area (Å²) in [5, 5.41) is 1.78. The average Bonchev–Trinajstić information content (AvgIpc) is 2.99. The number of rotatable bonds is 4. The van der Waals surface area contributed by atoms with E-state index in [2.05, 4.69) is 4.98 Å². The van der Waals surface area contributed by atoms with Crippen molar-refractivity contribution in [2.75, 3.05) is 14.2 Å². The van der Waals surface area contributed by atoms with Crippen molar-refractivity contribution in [3.05, 3.63) is 56.0 Å². The summed E-state index contributed by atoms with van der Waals surface area (Å²) in [6, 6.07) is 6.99. The minimum atomic E-state index is -0.436. The Kier molecular flexibility index (Phi) is 3.72. The summed E-state index contributed by atoms with van der Waals surface area (Å²) >= 11 is 1.31. The fourth-order valence-electron chi connectivity index (χ4n) is 2.27. The van der Waals surface area contributed by atoms with E-state index in [0.29, 0.717) is 21.7 Å². The van der Waals surface area contributed by atoms with Crippen LogP contribution in [0, 0.1) is 0 Å². The highest BCUT2D eigenvalue weighted by Crippen LogP contribution is 2.25. The van der Waals surface area contributed by atoms with E-state index in [9.17, 15) is 9.59 Å². The Balaban J connectivity index is 2.10. The zero-order valence-corrected chi connectivity index (χ0v) is 12.9. The quantitative estimate of drug-likeness (QED) is 0.796. The third-order valence-electron chi connectivity index (χ3n) is 3.41. The maximum Gasteiger partial charge on any atom is 0.329 e. The van der Waals surface area contributed by atoms with Gasteiger partial charge in [-0.05, 0) is 23.6 Å². The Hall–Kier alpha value is -2.54. The number of nitrogens with one attached hydrogen (secondary N) is 1. The molecule has 2 heterocycles. The number of fused-ring (bicyclic) bond motifs is 1. The number of hydrogen-bond acceptors (Lipinski definition) is 5. The van der Waals surface area contributed by atoms with Crippen molar-refractivity contribution >= 4 is 21.6 Å². The van der Waals surface area contributed by atoms with E-state index in [-0.39, 0.29) is 12.1 Å². The van der Waals surface area contributed by atoms with Crippen LogP contribution in [-0.4, -0.2) is 23.8 Å². The molecule has 6 nitrogen and oxygen atoms in total. The molecular formula is C15H14N2O4S. The Morgan fingerprint density at radius 1 is 1.18 bits per heavy atom. The van der Waals surface area contributed by atoms with Gasteiger partial charge in [0.2, 0.25) is 0 Å². The molecule has 0 radical (unpaired) electrons. The number of aromatic amines is 1. The van der Waals surface area contributed by atoms with Crippen LogP contribution in [0.1, 0.15) is 5.56 Å². The fourth-order valence-corrected chi connectivity index (χ4v) is 3.06. The van der Waals surface area contributed by atoms with Gasteiger partial charge in [0.25, 0.3) is 5.56 Å². The van der Waals surface area contributed by atoms with Crippen LogP contribution in [0.2, 0.25) is 0 Å². The molecule has 2 aromatic heterocycles. The van der Waals surface area contributed by atoms with Gasteiger partial charge in [0.1, 0.15) is 16.2 Å². The van der Waals surface area contributed by atoms with Gasteiger partial charge < -0.3 is 14.5 Å². The Bertz CT molecular complexity index is 939. The first-order chi connectivity index (χ1) is 10.6. The molecule has 3 rings (SSSR count). The van der Waals surface area contributed by atoms with Gasteiger partial charge in [0, 0.05) is 11.6 Å². The monoisotopic (exact) mass is 318 g/mol. The molecule has 0 saturated heterocycles. The summed E-state index contributed by atoms with van der Waals surface area (Å²) in [6.45, 7) is 0.134. The number of methoxy groups -OCH3 is 2. The Morgan fingerprint density at radius 2 is 2.00 bits per heavy atom. The van der Waals surface area contributed by atoms with Gasteiger partial charge in [-0.1, -0.05) is 0 Å². The molecule has 22 heavy (non-hydrogen) atoms. The molecule has 0 aliphatic rings. The lowest BCUT2D eigenvalue weighted by Gasteiger charge is -2.11. The van der Waals surface area contributed by atoms with Gasteiger partial charge in [0.05, 0.1) is 26.3 Å². The Labute approximate surface area is 129 Å². The van der Waals surface area contributed by atoms with Crippen molar-refractivity contribution in [3.8, 4) is 11.5 Å². The normalized spacial score (nSPS) is 10.8. The van der Waals surface area contributed by atoms with Crippen molar-refractivity contribution in [1.82, 2.24) is 9.55 Å². The summed E-state index contributed by atoms with van der Waals surface area (Å²) in [5.41, 5.74) is 0.560. The van der Waals surface area contributed by atoms with Crippen LogP contribution in [0.15, 0.2) is 39.2 Å². The lowest BCUT2D eigenvalue weighted by molar-refractivity contribution is 0.390. The van der Waals surface area contributed by atoms with Gasteiger partial charge >= 0.3 is 5.69 Å². The van der Waals surface area contributed by atoms with Crippen LogP contribution in [0.4, 0.5) is 0 Å². The number of hydrogen-bond donors (Lipinski definition) is 1. The van der Waals surface area contributed by atoms with E-state index in [4.69, 9.17) is 9.47 Å². The van der Waals surface area contributed by atoms with E-state index in [1.807, 2.05) is 0 Å². The molecule has 114 valence electrons. The van der Waals surface area contributed by atoms with E-state index in [1.54, 1.807) is 36.8 Å². The molecule has 3 aromatic rings. The van der Waals surface area contributed by atoms with Gasteiger partial charge in [0.15, 0.2) is 0 Å². The summed E-state index contributed by atoms with van der Waals surface area (Å²) in [4.78, 5) is 27.3. The second-order valence-corrected chi connectivity index (χ2v) is 5.58. The second kappa shape index (κ2) is 5.69. The maximum atomic E-state index is 12.4. The number of benzene rings is 1. The number of nitrogens with zero attached hydrogens (tertiary/aromatic N) is 1. The van der Waals surface area contributed by atoms with Crippen LogP contribution in [0.3, 0.4) is 0 Å². The first kappa shape index (κ1) is 14.4. The molecule has 0 spiro atoms. The standard InChI is InChI=1S/C15H14N2O4S/c1-20-10-4-3-9(12(7-10)21-2)8-17-14(18)13-11(5-6-22-13)16-15(17)19/h3-7H,8H2,1-2H3,(H,16,19). The predicted octanol–water partition coefficient (Wildman–Crippen LogP) is 1.82. The summed E-state index contributed by atoms with van der Waals surface area (Å²) in [7, 11) is 3.10. The first-order valence-corrected chi connectivity index (χ1v) is 7.43. The minimum Gasteiger partial charge on any atom is -0.497 e. The van der Waals surface area contributed by atoms with Gasteiger partial charge in [-0.15, -0.1) is 11.3 Å². The molecule has 1 aromatic carbocycles. The molecule has 0 aliphatic carbocycles. The molecule has 1 N–H and O–H groups in total. The molecule has 0 fully saturated rings. The van der Waals surface area contributed by atoms with Gasteiger partial charge in [-0.25, -0.2) is 4.79 Å². The van der Waals surface area contributed by atoms with E-state index < -0.39 is 5.69 Å². The summed E-state index contributed by atoms with van der Waals surface area (Å²) in [6.07, 6.45) is 0. The molecule has 0 bridgehead atoms. The topological polar surface area (TPSA) is 73.3 Å². The van der Waals surface area contributed by atoms with Crippen LogP contribution >= 0.6 is 11.3 Å². The number of thiophene rings is 1. The second-order valence-electron chi connectivity index (χ2n) is 4.66. The SMILES string of the molecule is COc1ccc(Cn2c(=O)[nH]c3ccsc3c2=O)c(OC)c1. The predicted molar refractivity (Wildman–Crippen MR) is 85.4 cm³/mol. The lowest BCUT2D eigenvalue weighted by Crippen LogP contribution is -2.34. The zero-order valence-electron chi connectivity index (χ0n) is 12.1.